The summed E-state index contributed by atoms with van der Waals surface area (Å²) in [5.41, 5.74) is 2.99. The molecule has 1 aliphatic carbocycles. The Bertz CT molecular complexity index is 960. The van der Waals surface area contributed by atoms with Crippen LogP contribution in [0.2, 0.25) is 0 Å². The van der Waals surface area contributed by atoms with E-state index in [9.17, 15) is 17.6 Å². The summed E-state index contributed by atoms with van der Waals surface area (Å²) < 4.78 is 54.2. The largest absolute Gasteiger partial charge is 0.404 e. The van der Waals surface area contributed by atoms with Crippen LogP contribution in [-0.4, -0.2) is 31.8 Å². The molecule has 5 nitrogen and oxygen atoms in total. The molecule has 0 bridgehead atoms. The van der Waals surface area contributed by atoms with Gasteiger partial charge in [0.15, 0.2) is 5.65 Å². The summed E-state index contributed by atoms with van der Waals surface area (Å²) >= 11 is 0. The molecule has 3 aromatic heterocycles. The second-order valence-corrected chi connectivity index (χ2v) is 6.80. The molecule has 1 fully saturated rings. The lowest BCUT2D eigenvalue weighted by molar-refractivity contribution is -0.161. The smallest absolute Gasteiger partial charge is 0.302 e. The van der Waals surface area contributed by atoms with Gasteiger partial charge in [-0.15, -0.1) is 0 Å². The van der Waals surface area contributed by atoms with Gasteiger partial charge in [-0.2, -0.15) is 22.7 Å². The number of nitrogens with zero attached hydrogens (tertiary/aromatic N) is 4. The van der Waals surface area contributed by atoms with E-state index in [4.69, 9.17) is 0 Å². The topological polar surface area (TPSA) is 55.1 Å². The Hall–Kier alpha value is -2.55. The first kappa shape index (κ1) is 17.8. The Kier molecular flexibility index (Phi) is 4.33. The minimum atomic E-state index is -4.28. The Morgan fingerprint density at radius 2 is 2.04 bits per heavy atom. The molecule has 3 heterocycles. The summed E-state index contributed by atoms with van der Waals surface area (Å²) in [5.74, 6) is -0.952. The average molecular weight is 379 g/mol. The number of aromatic nitrogens is 4. The lowest BCUT2D eigenvalue weighted by Gasteiger charge is -2.21. The van der Waals surface area contributed by atoms with Gasteiger partial charge in [0.1, 0.15) is 6.04 Å². The van der Waals surface area contributed by atoms with Crippen LogP contribution in [0.5, 0.6) is 0 Å². The lowest BCUT2D eigenvalue weighted by atomic mass is 10.1. The molecular formula is C18H17F4N5. The molecule has 0 aromatic carbocycles. The first-order chi connectivity index (χ1) is 12.8. The van der Waals surface area contributed by atoms with E-state index in [0.717, 1.165) is 5.69 Å². The minimum Gasteiger partial charge on any atom is -0.302 e. The second kappa shape index (κ2) is 6.56. The number of pyridine rings is 1. The highest BCUT2D eigenvalue weighted by atomic mass is 19.4. The molecule has 0 aliphatic heterocycles. The van der Waals surface area contributed by atoms with Crippen molar-refractivity contribution in [3.63, 3.8) is 0 Å². The number of alkyl halides is 3. The molecule has 27 heavy (non-hydrogen) atoms. The van der Waals surface area contributed by atoms with E-state index in [1.807, 2.05) is 6.92 Å². The van der Waals surface area contributed by atoms with Gasteiger partial charge in [-0.1, -0.05) is 0 Å². The highest BCUT2D eigenvalue weighted by molar-refractivity contribution is 5.62. The van der Waals surface area contributed by atoms with Crippen LogP contribution in [-0.2, 0) is 6.54 Å². The van der Waals surface area contributed by atoms with Gasteiger partial charge < -0.3 is 5.32 Å². The van der Waals surface area contributed by atoms with E-state index in [-0.39, 0.29) is 12.5 Å². The molecule has 0 amide bonds. The molecule has 0 spiro atoms. The summed E-state index contributed by atoms with van der Waals surface area (Å²) in [6.45, 7) is 1.84. The van der Waals surface area contributed by atoms with Crippen LogP contribution < -0.4 is 5.32 Å². The van der Waals surface area contributed by atoms with Crippen molar-refractivity contribution in [2.45, 2.75) is 38.5 Å². The first-order valence-electron chi connectivity index (χ1n) is 8.59. The third kappa shape index (κ3) is 3.64. The molecule has 1 saturated carbocycles. The molecule has 4 rings (SSSR count). The predicted octanol–water partition coefficient (Wildman–Crippen LogP) is 3.67. The third-order valence-corrected chi connectivity index (χ3v) is 4.70. The van der Waals surface area contributed by atoms with Crippen molar-refractivity contribution in [3.05, 3.63) is 47.8 Å². The lowest BCUT2D eigenvalue weighted by Crippen LogP contribution is -2.43. The minimum absolute atomic E-state index is 0.0156. The molecule has 0 saturated heterocycles. The van der Waals surface area contributed by atoms with Gasteiger partial charge >= 0.3 is 6.18 Å². The SMILES string of the molecule is Cc1cc(-c2ccc(F)nc2)nc2c(CNC(C3CC3)C(F)(F)F)cnn12. The zero-order valence-corrected chi connectivity index (χ0v) is 14.5. The number of rotatable bonds is 5. The predicted molar refractivity (Wildman–Crippen MR) is 90.3 cm³/mol. The maximum atomic E-state index is 13.2. The van der Waals surface area contributed by atoms with E-state index >= 15 is 0 Å². The third-order valence-electron chi connectivity index (χ3n) is 4.70. The van der Waals surface area contributed by atoms with Gasteiger partial charge in [-0.05, 0) is 43.9 Å². The Morgan fingerprint density at radius 3 is 2.67 bits per heavy atom. The Labute approximate surface area is 152 Å². The van der Waals surface area contributed by atoms with E-state index in [1.54, 1.807) is 16.6 Å². The quantitative estimate of drug-likeness (QED) is 0.543. The van der Waals surface area contributed by atoms with Gasteiger partial charge in [0.25, 0.3) is 0 Å². The summed E-state index contributed by atoms with van der Waals surface area (Å²) in [7, 11) is 0. The van der Waals surface area contributed by atoms with Gasteiger partial charge in [-0.3, -0.25) is 0 Å². The fourth-order valence-corrected chi connectivity index (χ4v) is 3.16. The monoisotopic (exact) mass is 379 g/mol. The van der Waals surface area contributed by atoms with Crippen LogP contribution >= 0.6 is 0 Å². The summed E-state index contributed by atoms with van der Waals surface area (Å²) in [5, 5.41) is 6.85. The van der Waals surface area contributed by atoms with Crippen LogP contribution in [0.25, 0.3) is 16.9 Å². The van der Waals surface area contributed by atoms with E-state index in [2.05, 4.69) is 20.4 Å². The summed E-state index contributed by atoms with van der Waals surface area (Å²) in [6.07, 6.45) is -0.210. The van der Waals surface area contributed by atoms with Crippen molar-refractivity contribution in [3.8, 4) is 11.3 Å². The Morgan fingerprint density at radius 1 is 1.26 bits per heavy atom. The molecule has 9 heteroatoms. The molecule has 142 valence electrons. The number of aryl methyl sites for hydroxylation is 1. The first-order valence-corrected chi connectivity index (χ1v) is 8.59. The standard InChI is InChI=1S/C18H17F4N5/c1-10-6-14(12-4-5-15(19)23-7-12)26-17-13(9-25-27(10)17)8-24-16(11-2-3-11)18(20,21)22/h4-7,9,11,16,24H,2-3,8H2,1H3. The summed E-state index contributed by atoms with van der Waals surface area (Å²) in [4.78, 5) is 8.14. The zero-order chi connectivity index (χ0) is 19.2. The van der Waals surface area contributed by atoms with Crippen LogP contribution in [0.15, 0.2) is 30.6 Å². The maximum absolute atomic E-state index is 13.2. The second-order valence-electron chi connectivity index (χ2n) is 6.80. The maximum Gasteiger partial charge on any atom is 0.404 e. The van der Waals surface area contributed by atoms with Crippen molar-refractivity contribution in [2.24, 2.45) is 5.92 Å². The molecule has 3 aromatic rings. The molecule has 1 atom stereocenters. The van der Waals surface area contributed by atoms with Crippen LogP contribution in [0.3, 0.4) is 0 Å². The van der Waals surface area contributed by atoms with Crippen molar-refractivity contribution in [2.75, 3.05) is 0 Å². The van der Waals surface area contributed by atoms with Crippen LogP contribution in [0.1, 0.15) is 24.1 Å². The van der Waals surface area contributed by atoms with E-state index in [1.165, 1.54) is 18.5 Å². The number of hydrogen-bond donors (Lipinski definition) is 1. The van der Waals surface area contributed by atoms with Gasteiger partial charge in [0.05, 0.1) is 11.9 Å². The van der Waals surface area contributed by atoms with Crippen molar-refractivity contribution >= 4 is 5.65 Å². The fraction of sp³-hybridized carbons (Fsp3) is 0.389. The highest BCUT2D eigenvalue weighted by Crippen LogP contribution is 2.40. The fourth-order valence-electron chi connectivity index (χ4n) is 3.16. The molecule has 1 unspecified atom stereocenters. The number of fused-ring (bicyclic) bond motifs is 1. The van der Waals surface area contributed by atoms with Crippen molar-refractivity contribution < 1.29 is 17.6 Å². The highest BCUT2D eigenvalue weighted by Gasteiger charge is 2.48. The van der Waals surface area contributed by atoms with Crippen LogP contribution in [0.4, 0.5) is 17.6 Å². The number of hydrogen-bond acceptors (Lipinski definition) is 4. The Balaban J connectivity index is 1.64. The van der Waals surface area contributed by atoms with E-state index < -0.39 is 18.2 Å². The molecular weight excluding hydrogens is 362 g/mol. The number of halogens is 4. The molecule has 1 N–H and O–H groups in total. The molecule has 0 radical (unpaired) electrons. The van der Waals surface area contributed by atoms with Gasteiger partial charge in [0, 0.05) is 29.6 Å². The molecule has 1 aliphatic rings. The normalized spacial score (nSPS) is 16.0. The van der Waals surface area contributed by atoms with Crippen molar-refractivity contribution in [1.82, 2.24) is 24.9 Å². The van der Waals surface area contributed by atoms with Gasteiger partial charge in [-0.25, -0.2) is 14.5 Å². The van der Waals surface area contributed by atoms with E-state index in [0.29, 0.717) is 35.3 Å². The van der Waals surface area contributed by atoms with Gasteiger partial charge in [0.2, 0.25) is 5.95 Å². The number of nitrogens with one attached hydrogen (secondary N) is 1. The van der Waals surface area contributed by atoms with Crippen LogP contribution in [0, 0.1) is 18.8 Å². The average Bonchev–Trinajstić information content (AvgIpc) is 3.35. The zero-order valence-electron chi connectivity index (χ0n) is 14.5. The summed E-state index contributed by atoms with van der Waals surface area (Å²) in [6, 6.07) is 3.05. The van der Waals surface area contributed by atoms with Crippen molar-refractivity contribution in [1.29, 1.82) is 0 Å².